The van der Waals surface area contributed by atoms with Gasteiger partial charge in [0.1, 0.15) is 11.6 Å². The number of benzene rings is 1. The molecule has 190 valence electrons. The quantitative estimate of drug-likeness (QED) is 0.458. The summed E-state index contributed by atoms with van der Waals surface area (Å²) in [6.45, 7) is 4.53. The minimum atomic E-state index is -4.50. The molecular weight excluding hydrogens is 479 g/mol. The number of pyridine rings is 1. The van der Waals surface area contributed by atoms with Crippen LogP contribution >= 0.6 is 0 Å². The molecule has 5 rings (SSSR count). The van der Waals surface area contributed by atoms with E-state index < -0.39 is 23.4 Å². The Morgan fingerprint density at radius 2 is 1.67 bits per heavy atom. The first kappa shape index (κ1) is 24.2. The minimum absolute atomic E-state index is 0.0839. The van der Waals surface area contributed by atoms with Gasteiger partial charge in [-0.1, -0.05) is 0 Å². The smallest absolute Gasteiger partial charge is 0.352 e. The summed E-state index contributed by atoms with van der Waals surface area (Å²) in [5, 5.41) is 0. The van der Waals surface area contributed by atoms with Crippen LogP contribution in [0, 0.1) is 11.6 Å². The Kier molecular flexibility index (Phi) is 6.40. The van der Waals surface area contributed by atoms with Crippen LogP contribution in [0.3, 0.4) is 0 Å². The zero-order chi connectivity index (χ0) is 25.4. The lowest BCUT2D eigenvalue weighted by Gasteiger charge is -2.41. The van der Waals surface area contributed by atoms with Gasteiger partial charge in [0.2, 0.25) is 5.95 Å². The molecule has 0 spiro atoms. The van der Waals surface area contributed by atoms with Gasteiger partial charge in [0, 0.05) is 56.6 Å². The number of piperazine rings is 1. The van der Waals surface area contributed by atoms with Crippen molar-refractivity contribution in [2.24, 2.45) is 0 Å². The van der Waals surface area contributed by atoms with Gasteiger partial charge in [-0.3, -0.25) is 0 Å². The second-order valence-corrected chi connectivity index (χ2v) is 9.10. The first-order valence-corrected chi connectivity index (χ1v) is 11.8. The summed E-state index contributed by atoms with van der Waals surface area (Å²) < 4.78 is 68.1. The van der Waals surface area contributed by atoms with Crippen LogP contribution in [-0.2, 0) is 6.18 Å². The van der Waals surface area contributed by atoms with E-state index in [0.717, 1.165) is 44.1 Å². The Hall–Kier alpha value is -3.50. The van der Waals surface area contributed by atoms with Crippen LogP contribution in [0.15, 0.2) is 42.6 Å². The molecular formula is C25H25F5N6. The zero-order valence-electron chi connectivity index (χ0n) is 19.6. The Morgan fingerprint density at radius 3 is 2.36 bits per heavy atom. The Morgan fingerprint density at radius 1 is 0.889 bits per heavy atom. The van der Waals surface area contributed by atoms with Gasteiger partial charge in [-0.25, -0.2) is 18.7 Å². The van der Waals surface area contributed by atoms with Crippen molar-refractivity contribution in [3.8, 4) is 11.3 Å². The van der Waals surface area contributed by atoms with E-state index in [-0.39, 0.29) is 11.9 Å². The van der Waals surface area contributed by atoms with Crippen LogP contribution in [0.4, 0.5) is 39.5 Å². The number of halogens is 5. The molecule has 0 bridgehead atoms. The lowest BCUT2D eigenvalue weighted by Crippen LogP contribution is -2.53. The number of anilines is 3. The van der Waals surface area contributed by atoms with Crippen LogP contribution in [0.5, 0.6) is 0 Å². The van der Waals surface area contributed by atoms with E-state index in [2.05, 4.69) is 14.9 Å². The molecule has 3 aromatic rings. The first-order chi connectivity index (χ1) is 17.2. The monoisotopic (exact) mass is 504 g/mol. The largest absolute Gasteiger partial charge is 0.419 e. The van der Waals surface area contributed by atoms with Crippen molar-refractivity contribution in [1.82, 2.24) is 15.0 Å². The third kappa shape index (κ3) is 4.78. The lowest BCUT2D eigenvalue weighted by atomic mass is 10.1. The SMILES string of the molecule is C[C@@H]1CN(c2ncccc2C(F)(F)F)CCN1c1cc(-c2ccc(F)c(F)c2)nc(N2CCCC2)n1. The highest BCUT2D eigenvalue weighted by molar-refractivity contribution is 5.66. The summed E-state index contributed by atoms with van der Waals surface area (Å²) in [6.07, 6.45) is -1.12. The average Bonchev–Trinajstić information content (AvgIpc) is 3.40. The summed E-state index contributed by atoms with van der Waals surface area (Å²) in [6, 6.07) is 7.50. The van der Waals surface area contributed by atoms with Gasteiger partial charge >= 0.3 is 6.18 Å². The van der Waals surface area contributed by atoms with Crippen molar-refractivity contribution in [2.45, 2.75) is 32.0 Å². The Balaban J connectivity index is 1.46. The van der Waals surface area contributed by atoms with Crippen LogP contribution in [0.25, 0.3) is 11.3 Å². The van der Waals surface area contributed by atoms with Crippen molar-refractivity contribution in [1.29, 1.82) is 0 Å². The van der Waals surface area contributed by atoms with Crippen molar-refractivity contribution >= 4 is 17.6 Å². The molecule has 2 aliphatic rings. The van der Waals surface area contributed by atoms with E-state index >= 15 is 0 Å². The highest BCUT2D eigenvalue weighted by atomic mass is 19.4. The molecule has 1 aromatic carbocycles. The molecule has 2 fully saturated rings. The van der Waals surface area contributed by atoms with Gasteiger partial charge in [-0.15, -0.1) is 0 Å². The van der Waals surface area contributed by atoms with Gasteiger partial charge in [0.15, 0.2) is 11.6 Å². The number of aromatic nitrogens is 3. The molecule has 0 N–H and O–H groups in total. The molecule has 1 atom stereocenters. The summed E-state index contributed by atoms with van der Waals surface area (Å²) in [5.74, 6) is -0.891. The van der Waals surface area contributed by atoms with Gasteiger partial charge < -0.3 is 14.7 Å². The summed E-state index contributed by atoms with van der Waals surface area (Å²) in [5.41, 5.74) is 0.122. The average molecular weight is 505 g/mol. The topological polar surface area (TPSA) is 48.4 Å². The predicted octanol–water partition coefficient (Wildman–Crippen LogP) is 5.15. The predicted molar refractivity (Wildman–Crippen MR) is 127 cm³/mol. The molecule has 6 nitrogen and oxygen atoms in total. The molecule has 0 saturated carbocycles. The van der Waals surface area contributed by atoms with E-state index in [1.165, 1.54) is 18.3 Å². The van der Waals surface area contributed by atoms with Gasteiger partial charge in [-0.05, 0) is 50.1 Å². The molecule has 0 unspecified atom stereocenters. The number of nitrogens with zero attached hydrogens (tertiary/aromatic N) is 6. The molecule has 0 amide bonds. The Bertz CT molecular complexity index is 1240. The van der Waals surface area contributed by atoms with Crippen LogP contribution < -0.4 is 14.7 Å². The molecule has 36 heavy (non-hydrogen) atoms. The standard InChI is InChI=1S/C25H25F5N6/c1-16-15-35(23-18(25(28,29)30)5-4-8-31-23)11-12-36(16)22-14-21(17-6-7-19(26)20(27)13-17)32-24(33-22)34-9-2-3-10-34/h4-8,13-14,16H,2-3,9-12,15H2,1H3/t16-/m1/s1. The molecule has 11 heteroatoms. The molecule has 0 radical (unpaired) electrons. The number of hydrogen-bond donors (Lipinski definition) is 0. The number of rotatable bonds is 4. The van der Waals surface area contributed by atoms with Crippen LogP contribution in [0.1, 0.15) is 25.3 Å². The highest BCUT2D eigenvalue weighted by Gasteiger charge is 2.37. The first-order valence-electron chi connectivity index (χ1n) is 11.8. The highest BCUT2D eigenvalue weighted by Crippen LogP contribution is 2.36. The van der Waals surface area contributed by atoms with E-state index in [1.807, 2.05) is 11.8 Å². The van der Waals surface area contributed by atoms with Crippen molar-refractivity contribution < 1.29 is 22.0 Å². The summed E-state index contributed by atoms with van der Waals surface area (Å²) >= 11 is 0. The normalized spacial score (nSPS) is 18.7. The van der Waals surface area contributed by atoms with Crippen molar-refractivity contribution in [2.75, 3.05) is 47.4 Å². The third-order valence-electron chi connectivity index (χ3n) is 6.62. The maximum absolute atomic E-state index is 14.0. The summed E-state index contributed by atoms with van der Waals surface area (Å²) in [4.78, 5) is 19.1. The molecule has 2 aromatic heterocycles. The summed E-state index contributed by atoms with van der Waals surface area (Å²) in [7, 11) is 0. The van der Waals surface area contributed by atoms with E-state index in [0.29, 0.717) is 42.7 Å². The van der Waals surface area contributed by atoms with Crippen molar-refractivity contribution in [3.05, 3.63) is 59.8 Å². The molecule has 0 aliphatic carbocycles. The van der Waals surface area contributed by atoms with Crippen molar-refractivity contribution in [3.63, 3.8) is 0 Å². The Labute approximate surface area is 205 Å². The fourth-order valence-electron chi connectivity index (χ4n) is 4.79. The third-order valence-corrected chi connectivity index (χ3v) is 6.62. The van der Waals surface area contributed by atoms with Gasteiger partial charge in [0.25, 0.3) is 0 Å². The maximum atomic E-state index is 14.0. The molecule has 2 aliphatic heterocycles. The van der Waals surface area contributed by atoms with E-state index in [1.54, 1.807) is 11.0 Å². The zero-order valence-corrected chi connectivity index (χ0v) is 19.6. The second kappa shape index (κ2) is 9.51. The molecule has 2 saturated heterocycles. The van der Waals surface area contributed by atoms with E-state index in [4.69, 9.17) is 4.98 Å². The molecule has 4 heterocycles. The van der Waals surface area contributed by atoms with Gasteiger partial charge in [0.05, 0.1) is 11.3 Å². The maximum Gasteiger partial charge on any atom is 0.419 e. The minimum Gasteiger partial charge on any atom is -0.352 e. The lowest BCUT2D eigenvalue weighted by molar-refractivity contribution is -0.137. The van der Waals surface area contributed by atoms with E-state index in [9.17, 15) is 22.0 Å². The number of alkyl halides is 3. The second-order valence-electron chi connectivity index (χ2n) is 9.10. The van der Waals surface area contributed by atoms with Crippen LogP contribution in [0.2, 0.25) is 0 Å². The van der Waals surface area contributed by atoms with Crippen LogP contribution in [-0.4, -0.2) is 53.7 Å². The van der Waals surface area contributed by atoms with Gasteiger partial charge in [-0.2, -0.15) is 18.2 Å². The fourth-order valence-corrected chi connectivity index (χ4v) is 4.79. The fraction of sp³-hybridized carbons (Fsp3) is 0.400. The number of hydrogen-bond acceptors (Lipinski definition) is 6.